The standard InChI is InChI=1S/C20H18N2O2S2/c1-3-24-20(23)18-16-12-26-17-7-5-4-6-15(17)19(16)22(21-18)13-8-10-14(25-2)11-9-13/h4-11H,3,12H2,1-2H3. The van der Waals surface area contributed by atoms with Crippen molar-refractivity contribution >= 4 is 29.5 Å². The van der Waals surface area contributed by atoms with Crippen LogP contribution in [0, 0.1) is 0 Å². The molecule has 3 aromatic rings. The van der Waals surface area contributed by atoms with Gasteiger partial charge in [-0.2, -0.15) is 5.10 Å². The first-order valence-corrected chi connectivity index (χ1v) is 10.6. The normalized spacial score (nSPS) is 12.4. The molecule has 132 valence electrons. The van der Waals surface area contributed by atoms with Crippen LogP contribution in [0.15, 0.2) is 58.3 Å². The number of ether oxygens (including phenoxy) is 1. The average Bonchev–Trinajstić information content (AvgIpc) is 3.08. The number of benzene rings is 2. The van der Waals surface area contributed by atoms with Crippen molar-refractivity contribution in [2.24, 2.45) is 0 Å². The van der Waals surface area contributed by atoms with Crippen molar-refractivity contribution in [2.75, 3.05) is 12.9 Å². The molecule has 0 amide bonds. The Bertz CT molecular complexity index is 964. The van der Waals surface area contributed by atoms with Crippen LogP contribution in [0.2, 0.25) is 0 Å². The van der Waals surface area contributed by atoms with Crippen molar-refractivity contribution in [1.82, 2.24) is 9.78 Å². The highest BCUT2D eigenvalue weighted by molar-refractivity contribution is 7.99. The van der Waals surface area contributed by atoms with E-state index < -0.39 is 0 Å². The first-order valence-electron chi connectivity index (χ1n) is 8.38. The van der Waals surface area contributed by atoms with Crippen LogP contribution in [0.25, 0.3) is 16.9 Å². The Hall–Kier alpha value is -2.18. The first kappa shape index (κ1) is 17.2. The minimum absolute atomic E-state index is 0.340. The Kier molecular flexibility index (Phi) is 4.78. The minimum Gasteiger partial charge on any atom is -0.461 e. The molecule has 0 radical (unpaired) electrons. The summed E-state index contributed by atoms with van der Waals surface area (Å²) in [4.78, 5) is 14.9. The zero-order chi connectivity index (χ0) is 18.1. The van der Waals surface area contributed by atoms with E-state index in [0.717, 1.165) is 22.5 Å². The maximum Gasteiger partial charge on any atom is 0.359 e. The summed E-state index contributed by atoms with van der Waals surface area (Å²) >= 11 is 3.43. The van der Waals surface area contributed by atoms with Crippen LogP contribution in [0.1, 0.15) is 23.0 Å². The van der Waals surface area contributed by atoms with Gasteiger partial charge in [-0.25, -0.2) is 9.48 Å². The van der Waals surface area contributed by atoms with Gasteiger partial charge in [0.15, 0.2) is 5.69 Å². The number of carbonyl (C=O) groups is 1. The van der Waals surface area contributed by atoms with Crippen molar-refractivity contribution < 1.29 is 9.53 Å². The van der Waals surface area contributed by atoms with Crippen LogP contribution in [0.4, 0.5) is 0 Å². The van der Waals surface area contributed by atoms with Crippen molar-refractivity contribution in [3.05, 3.63) is 59.8 Å². The summed E-state index contributed by atoms with van der Waals surface area (Å²) in [6.45, 7) is 2.15. The number of esters is 1. The quantitative estimate of drug-likeness (QED) is 0.467. The Morgan fingerprint density at radius 2 is 2.00 bits per heavy atom. The number of aromatic nitrogens is 2. The highest BCUT2D eigenvalue weighted by atomic mass is 32.2. The molecule has 0 saturated carbocycles. The second-order valence-corrected chi connectivity index (χ2v) is 7.69. The summed E-state index contributed by atoms with van der Waals surface area (Å²) in [5.74, 6) is 0.354. The summed E-state index contributed by atoms with van der Waals surface area (Å²) in [5, 5.41) is 4.66. The molecule has 2 aromatic carbocycles. The van der Waals surface area contributed by atoms with Gasteiger partial charge in [-0.15, -0.1) is 23.5 Å². The molecule has 2 heterocycles. The van der Waals surface area contributed by atoms with Gasteiger partial charge in [0.05, 0.1) is 18.0 Å². The lowest BCUT2D eigenvalue weighted by Gasteiger charge is -2.18. The van der Waals surface area contributed by atoms with E-state index in [-0.39, 0.29) is 5.97 Å². The van der Waals surface area contributed by atoms with Crippen LogP contribution in [-0.4, -0.2) is 28.6 Å². The molecule has 0 bridgehead atoms. The summed E-state index contributed by atoms with van der Waals surface area (Å²) in [6, 6.07) is 16.5. The molecule has 0 spiro atoms. The molecule has 4 nitrogen and oxygen atoms in total. The zero-order valence-electron chi connectivity index (χ0n) is 14.6. The third-order valence-corrected chi connectivity index (χ3v) is 6.13. The third-order valence-electron chi connectivity index (χ3n) is 4.28. The average molecular weight is 383 g/mol. The largest absolute Gasteiger partial charge is 0.461 e. The van der Waals surface area contributed by atoms with Crippen LogP contribution in [0.5, 0.6) is 0 Å². The third kappa shape index (κ3) is 2.93. The van der Waals surface area contributed by atoms with Gasteiger partial charge in [-0.05, 0) is 43.5 Å². The maximum absolute atomic E-state index is 12.5. The van der Waals surface area contributed by atoms with E-state index in [9.17, 15) is 4.79 Å². The summed E-state index contributed by atoms with van der Waals surface area (Å²) in [7, 11) is 0. The number of hydrogen-bond donors (Lipinski definition) is 0. The highest BCUT2D eigenvalue weighted by Crippen LogP contribution is 2.43. The van der Waals surface area contributed by atoms with E-state index in [4.69, 9.17) is 4.74 Å². The fraction of sp³-hybridized carbons (Fsp3) is 0.200. The van der Waals surface area contributed by atoms with Gasteiger partial charge in [0.2, 0.25) is 0 Å². The Balaban J connectivity index is 1.92. The van der Waals surface area contributed by atoms with Gasteiger partial charge in [0, 0.05) is 26.7 Å². The van der Waals surface area contributed by atoms with Crippen molar-refractivity contribution in [3.63, 3.8) is 0 Å². The maximum atomic E-state index is 12.5. The lowest BCUT2D eigenvalue weighted by molar-refractivity contribution is 0.0518. The van der Waals surface area contributed by atoms with Gasteiger partial charge in [-0.3, -0.25) is 0 Å². The van der Waals surface area contributed by atoms with Gasteiger partial charge in [0.25, 0.3) is 0 Å². The molecule has 0 fully saturated rings. The molecule has 1 aromatic heterocycles. The second-order valence-electron chi connectivity index (χ2n) is 5.79. The SMILES string of the molecule is CCOC(=O)c1nn(-c2ccc(SC)cc2)c2c1CSc1ccccc1-2. The summed E-state index contributed by atoms with van der Waals surface area (Å²) in [5.41, 5.74) is 4.39. The van der Waals surface area contributed by atoms with E-state index in [1.165, 1.54) is 9.79 Å². The number of thioether (sulfide) groups is 2. The van der Waals surface area contributed by atoms with E-state index >= 15 is 0 Å². The molecule has 26 heavy (non-hydrogen) atoms. The minimum atomic E-state index is -0.358. The highest BCUT2D eigenvalue weighted by Gasteiger charge is 2.29. The van der Waals surface area contributed by atoms with Gasteiger partial charge >= 0.3 is 5.97 Å². The van der Waals surface area contributed by atoms with E-state index in [0.29, 0.717) is 18.1 Å². The Morgan fingerprint density at radius 3 is 2.73 bits per heavy atom. The first-order chi connectivity index (χ1) is 12.7. The molecule has 1 aliphatic rings. The van der Waals surface area contributed by atoms with Crippen LogP contribution in [0.3, 0.4) is 0 Å². The molecule has 4 rings (SSSR count). The monoisotopic (exact) mass is 382 g/mol. The van der Waals surface area contributed by atoms with Crippen LogP contribution in [-0.2, 0) is 10.5 Å². The summed E-state index contributed by atoms with van der Waals surface area (Å²) in [6.07, 6.45) is 2.05. The van der Waals surface area contributed by atoms with E-state index in [1.807, 2.05) is 35.9 Å². The van der Waals surface area contributed by atoms with Crippen LogP contribution < -0.4 is 0 Å². The lowest BCUT2D eigenvalue weighted by atomic mass is 10.1. The molecule has 6 heteroatoms. The van der Waals surface area contributed by atoms with Gasteiger partial charge in [0.1, 0.15) is 0 Å². The number of carbonyl (C=O) groups excluding carboxylic acids is 1. The zero-order valence-corrected chi connectivity index (χ0v) is 16.2. The second kappa shape index (κ2) is 7.21. The summed E-state index contributed by atoms with van der Waals surface area (Å²) < 4.78 is 7.12. The predicted octanol–water partition coefficient (Wildman–Crippen LogP) is 5.04. The van der Waals surface area contributed by atoms with E-state index in [2.05, 4.69) is 35.6 Å². The van der Waals surface area contributed by atoms with Crippen LogP contribution >= 0.6 is 23.5 Å². The molecule has 0 saturated heterocycles. The van der Waals surface area contributed by atoms with Crippen molar-refractivity contribution in [1.29, 1.82) is 0 Å². The molecule has 0 N–H and O–H groups in total. The number of fused-ring (bicyclic) bond motifs is 3. The van der Waals surface area contributed by atoms with Gasteiger partial charge < -0.3 is 4.74 Å². The predicted molar refractivity (Wildman–Crippen MR) is 106 cm³/mol. The topological polar surface area (TPSA) is 44.1 Å². The molecule has 0 aliphatic carbocycles. The number of nitrogens with zero attached hydrogens (tertiary/aromatic N) is 2. The fourth-order valence-electron chi connectivity index (χ4n) is 3.08. The van der Waals surface area contributed by atoms with E-state index in [1.54, 1.807) is 23.5 Å². The van der Waals surface area contributed by atoms with Crippen molar-refractivity contribution in [3.8, 4) is 16.9 Å². The van der Waals surface area contributed by atoms with Gasteiger partial charge in [-0.1, -0.05) is 18.2 Å². The number of rotatable bonds is 4. The molecular formula is C20H18N2O2S2. The molecule has 1 aliphatic heterocycles. The lowest BCUT2D eigenvalue weighted by Crippen LogP contribution is -2.08. The molecular weight excluding hydrogens is 364 g/mol. The number of hydrogen-bond acceptors (Lipinski definition) is 5. The molecule has 0 unspecified atom stereocenters. The van der Waals surface area contributed by atoms with Crippen molar-refractivity contribution in [2.45, 2.75) is 22.5 Å². The fourth-order valence-corrected chi connectivity index (χ4v) is 4.55. The Labute approximate surface area is 160 Å². The Morgan fingerprint density at radius 1 is 1.23 bits per heavy atom. The smallest absolute Gasteiger partial charge is 0.359 e. The molecule has 0 atom stereocenters.